The van der Waals surface area contributed by atoms with E-state index < -0.39 is 10.0 Å². The highest BCUT2D eigenvalue weighted by Crippen LogP contribution is 2.14. The molecule has 1 rings (SSSR count). The molecule has 2 N–H and O–H groups in total. The molecule has 0 aromatic heterocycles. The molecule has 0 aliphatic heterocycles. The second kappa shape index (κ2) is 7.41. The lowest BCUT2D eigenvalue weighted by Gasteiger charge is -2.18. The van der Waals surface area contributed by atoms with Gasteiger partial charge in [0.15, 0.2) is 0 Å². The summed E-state index contributed by atoms with van der Waals surface area (Å²) in [6.45, 7) is 2.10. The van der Waals surface area contributed by atoms with Crippen molar-refractivity contribution in [3.63, 3.8) is 0 Å². The van der Waals surface area contributed by atoms with Crippen LogP contribution in [0.3, 0.4) is 0 Å². The van der Waals surface area contributed by atoms with Crippen LogP contribution < -0.4 is 4.72 Å². The van der Waals surface area contributed by atoms with Gasteiger partial charge in [0.1, 0.15) is 6.61 Å². The topological polar surface area (TPSA) is 69.6 Å². The summed E-state index contributed by atoms with van der Waals surface area (Å²) >= 11 is 0. The Morgan fingerprint density at radius 1 is 1.35 bits per heavy atom. The second-order valence-corrected chi connectivity index (χ2v) is 6.42. The summed E-state index contributed by atoms with van der Waals surface area (Å²) in [6, 6.07) is 6.27. The minimum absolute atomic E-state index is 0.131. The van der Waals surface area contributed by atoms with Gasteiger partial charge in [-0.1, -0.05) is 24.0 Å². The van der Waals surface area contributed by atoms with E-state index in [2.05, 4.69) is 16.6 Å². The van der Waals surface area contributed by atoms with Crippen molar-refractivity contribution in [2.24, 2.45) is 0 Å². The summed E-state index contributed by atoms with van der Waals surface area (Å²) in [4.78, 5) is 2.04. The molecule has 0 saturated heterocycles. The molecule has 0 aliphatic rings. The van der Waals surface area contributed by atoms with Crippen LogP contribution in [0.4, 0.5) is 0 Å². The van der Waals surface area contributed by atoms with Crippen LogP contribution in [0.25, 0.3) is 0 Å². The van der Waals surface area contributed by atoms with Crippen LogP contribution in [0.2, 0.25) is 0 Å². The number of nitrogens with zero attached hydrogens (tertiary/aromatic N) is 1. The van der Waals surface area contributed by atoms with E-state index in [0.717, 1.165) is 0 Å². The number of hydrogen-bond donors (Lipinski definition) is 2. The van der Waals surface area contributed by atoms with Gasteiger partial charge in [0.25, 0.3) is 0 Å². The molecule has 0 fully saturated rings. The lowest BCUT2D eigenvalue weighted by molar-refractivity contribution is 0.350. The first kappa shape index (κ1) is 16.7. The molecule has 1 aromatic carbocycles. The second-order valence-electron chi connectivity index (χ2n) is 4.74. The first-order chi connectivity index (χ1) is 9.36. The Balaban J connectivity index is 3.04. The van der Waals surface area contributed by atoms with E-state index in [1.165, 1.54) is 6.07 Å². The van der Waals surface area contributed by atoms with Gasteiger partial charge in [-0.25, -0.2) is 13.1 Å². The molecule has 1 atom stereocenters. The molecule has 0 heterocycles. The van der Waals surface area contributed by atoms with Crippen molar-refractivity contribution < 1.29 is 13.5 Å². The fourth-order valence-corrected chi connectivity index (χ4v) is 3.25. The molecule has 110 valence electrons. The molecule has 0 radical (unpaired) electrons. The first-order valence-corrected chi connectivity index (χ1v) is 7.71. The maximum Gasteiger partial charge on any atom is 0.242 e. The SMILES string of the molecule is CC(CN(C)C)NS(=O)(=O)c1ccccc1C#CCO. The minimum Gasteiger partial charge on any atom is -0.384 e. The number of aliphatic hydroxyl groups is 1. The van der Waals surface area contributed by atoms with Crippen molar-refractivity contribution in [1.29, 1.82) is 0 Å². The largest absolute Gasteiger partial charge is 0.384 e. The van der Waals surface area contributed by atoms with Gasteiger partial charge in [0.05, 0.1) is 4.90 Å². The summed E-state index contributed by atoms with van der Waals surface area (Å²) in [5.74, 6) is 5.12. The zero-order chi connectivity index (χ0) is 15.2. The molecular formula is C14H20N2O3S. The molecule has 5 nitrogen and oxygen atoms in total. The average Bonchev–Trinajstić information content (AvgIpc) is 2.34. The van der Waals surface area contributed by atoms with Crippen LogP contribution in [-0.4, -0.2) is 51.7 Å². The summed E-state index contributed by atoms with van der Waals surface area (Å²) in [7, 11) is 0.134. The zero-order valence-electron chi connectivity index (χ0n) is 11.9. The van der Waals surface area contributed by atoms with Crippen molar-refractivity contribution in [3.05, 3.63) is 29.8 Å². The molecule has 0 aliphatic carbocycles. The molecule has 0 spiro atoms. The average molecular weight is 296 g/mol. The van der Waals surface area contributed by atoms with Crippen molar-refractivity contribution in [3.8, 4) is 11.8 Å². The highest BCUT2D eigenvalue weighted by molar-refractivity contribution is 7.89. The fraction of sp³-hybridized carbons (Fsp3) is 0.429. The van der Waals surface area contributed by atoms with Crippen molar-refractivity contribution in [2.45, 2.75) is 17.9 Å². The number of nitrogens with one attached hydrogen (secondary N) is 1. The van der Waals surface area contributed by atoms with Gasteiger partial charge in [-0.15, -0.1) is 0 Å². The monoisotopic (exact) mass is 296 g/mol. The molecule has 0 bridgehead atoms. The molecular weight excluding hydrogens is 276 g/mol. The van der Waals surface area contributed by atoms with Crippen LogP contribution in [0.5, 0.6) is 0 Å². The zero-order valence-corrected chi connectivity index (χ0v) is 12.7. The lowest BCUT2D eigenvalue weighted by atomic mass is 10.2. The van der Waals surface area contributed by atoms with Crippen molar-refractivity contribution in [2.75, 3.05) is 27.2 Å². The molecule has 1 unspecified atom stereocenters. The Labute approximate surface area is 120 Å². The van der Waals surface area contributed by atoms with E-state index in [-0.39, 0.29) is 17.5 Å². The third kappa shape index (κ3) is 4.94. The molecule has 1 aromatic rings. The van der Waals surface area contributed by atoms with Crippen molar-refractivity contribution in [1.82, 2.24) is 9.62 Å². The van der Waals surface area contributed by atoms with Gasteiger partial charge in [-0.2, -0.15) is 0 Å². The summed E-state index contributed by atoms with van der Waals surface area (Å²) in [5.41, 5.74) is 0.381. The predicted octanol–water partition coefficient (Wildman–Crippen LogP) is 0.259. The number of hydrogen-bond acceptors (Lipinski definition) is 4. The first-order valence-electron chi connectivity index (χ1n) is 6.22. The van der Waals surface area contributed by atoms with Gasteiger partial charge in [0, 0.05) is 18.2 Å². The Kier molecular flexibility index (Phi) is 6.17. The fourth-order valence-electron chi connectivity index (χ4n) is 1.85. The number of aliphatic hydroxyl groups excluding tert-OH is 1. The summed E-state index contributed by atoms with van der Waals surface area (Å²) in [5, 5.41) is 8.72. The van der Waals surface area contributed by atoms with Crippen molar-refractivity contribution >= 4 is 10.0 Å². The van der Waals surface area contributed by atoms with Gasteiger partial charge >= 0.3 is 0 Å². The third-order valence-corrected chi connectivity index (χ3v) is 4.12. The van der Waals surface area contributed by atoms with Crippen LogP contribution in [-0.2, 0) is 10.0 Å². The number of likely N-dealkylation sites (N-methyl/N-ethyl adjacent to an activating group) is 1. The van der Waals surface area contributed by atoms with Gasteiger partial charge in [-0.3, -0.25) is 0 Å². The highest BCUT2D eigenvalue weighted by Gasteiger charge is 2.20. The van der Waals surface area contributed by atoms with Gasteiger partial charge < -0.3 is 10.0 Å². The number of benzene rings is 1. The third-order valence-electron chi connectivity index (χ3n) is 2.47. The Hall–Kier alpha value is -1.39. The van der Waals surface area contributed by atoms with Crippen LogP contribution in [0.15, 0.2) is 29.2 Å². The number of sulfonamides is 1. The van der Waals surface area contributed by atoms with Gasteiger partial charge in [-0.05, 0) is 33.2 Å². The van der Waals surface area contributed by atoms with Crippen LogP contribution in [0.1, 0.15) is 12.5 Å². The quantitative estimate of drug-likeness (QED) is 0.765. The maximum absolute atomic E-state index is 12.3. The maximum atomic E-state index is 12.3. The van der Waals surface area contributed by atoms with E-state index in [0.29, 0.717) is 12.1 Å². The summed E-state index contributed by atoms with van der Waals surface area (Å²) < 4.78 is 27.3. The van der Waals surface area contributed by atoms with E-state index in [4.69, 9.17) is 5.11 Å². The van der Waals surface area contributed by atoms with E-state index in [1.807, 2.05) is 19.0 Å². The van der Waals surface area contributed by atoms with Crippen LogP contribution in [0, 0.1) is 11.8 Å². The smallest absolute Gasteiger partial charge is 0.242 e. The van der Waals surface area contributed by atoms with E-state index >= 15 is 0 Å². The normalized spacial score (nSPS) is 12.8. The minimum atomic E-state index is -3.63. The Morgan fingerprint density at radius 3 is 2.60 bits per heavy atom. The van der Waals surface area contributed by atoms with Gasteiger partial charge in [0.2, 0.25) is 10.0 Å². The molecule has 0 amide bonds. The predicted molar refractivity (Wildman–Crippen MR) is 78.7 cm³/mol. The summed E-state index contributed by atoms with van der Waals surface area (Å²) in [6.07, 6.45) is 0. The Morgan fingerprint density at radius 2 is 2.00 bits per heavy atom. The van der Waals surface area contributed by atoms with E-state index in [9.17, 15) is 8.42 Å². The Bertz CT molecular complexity index is 600. The molecule has 6 heteroatoms. The number of rotatable bonds is 5. The lowest BCUT2D eigenvalue weighted by Crippen LogP contribution is -2.39. The standard InChI is InChI=1S/C14H20N2O3S/c1-12(11-16(2)3)15-20(18,19)14-9-5-4-7-13(14)8-6-10-17/h4-5,7,9,12,15,17H,10-11H2,1-3H3. The highest BCUT2D eigenvalue weighted by atomic mass is 32.2. The molecule has 20 heavy (non-hydrogen) atoms. The van der Waals surface area contributed by atoms with Crippen LogP contribution >= 0.6 is 0 Å². The van der Waals surface area contributed by atoms with E-state index in [1.54, 1.807) is 25.1 Å². The molecule has 0 saturated carbocycles.